The Morgan fingerprint density at radius 1 is 1.43 bits per heavy atom. The number of likely N-dealkylation sites (N-methyl/N-ethyl adjacent to an activating group) is 1. The summed E-state index contributed by atoms with van der Waals surface area (Å²) in [6.45, 7) is 0.683. The van der Waals surface area contributed by atoms with Crippen LogP contribution in [0.1, 0.15) is 29.6 Å². The first-order valence-electron chi connectivity index (χ1n) is 6.79. The molecule has 2 rings (SSSR count). The predicted octanol–water partition coefficient (Wildman–Crippen LogP) is 1.34. The number of nitro groups is 1. The van der Waals surface area contributed by atoms with E-state index in [2.05, 4.69) is 5.32 Å². The lowest BCUT2D eigenvalue weighted by atomic mass is 10.1. The molecule has 0 bridgehead atoms. The molecular formula is C14H17N3O4. The minimum absolute atomic E-state index is 0.119. The van der Waals surface area contributed by atoms with E-state index in [0.29, 0.717) is 13.0 Å². The molecule has 1 aromatic rings. The molecule has 1 aliphatic rings. The van der Waals surface area contributed by atoms with Gasteiger partial charge >= 0.3 is 0 Å². The number of non-ortho nitro benzene ring substituents is 1. The minimum Gasteiger partial charge on any atom is -0.344 e. The molecule has 2 amide bonds. The lowest BCUT2D eigenvalue weighted by Gasteiger charge is -2.20. The Bertz CT molecular complexity index is 573. The molecule has 0 aliphatic carbocycles. The monoisotopic (exact) mass is 291 g/mol. The van der Waals surface area contributed by atoms with E-state index in [-0.39, 0.29) is 17.2 Å². The highest BCUT2D eigenvalue weighted by Crippen LogP contribution is 2.15. The number of nitrogens with zero attached hydrogens (tertiary/aromatic N) is 2. The lowest BCUT2D eigenvalue weighted by molar-refractivity contribution is -0.384. The standard InChI is InChI=1S/C14H17N3O4/c1-16-8-3-2-7-12(14(16)19)15-13(18)10-5-4-6-11(9-10)17(20)21/h4-6,9,12H,2-3,7-8H2,1H3,(H,15,18). The zero-order valence-electron chi connectivity index (χ0n) is 11.7. The molecule has 1 saturated heterocycles. The molecule has 112 valence electrons. The van der Waals surface area contributed by atoms with Crippen LogP contribution in [-0.2, 0) is 4.79 Å². The molecule has 1 aliphatic heterocycles. The number of likely N-dealkylation sites (tertiary alicyclic amines) is 1. The fourth-order valence-corrected chi connectivity index (χ4v) is 2.33. The van der Waals surface area contributed by atoms with Crippen LogP contribution in [0.25, 0.3) is 0 Å². The zero-order chi connectivity index (χ0) is 15.4. The SMILES string of the molecule is CN1CCCCC(NC(=O)c2cccc([N+](=O)[O-])c2)C1=O. The second-order valence-corrected chi connectivity index (χ2v) is 5.09. The first-order chi connectivity index (χ1) is 9.99. The summed E-state index contributed by atoms with van der Waals surface area (Å²) in [6, 6.07) is 4.91. The van der Waals surface area contributed by atoms with Crippen LogP contribution in [0.4, 0.5) is 5.69 Å². The third-order valence-electron chi connectivity index (χ3n) is 3.54. The number of nitrogens with one attached hydrogen (secondary N) is 1. The van der Waals surface area contributed by atoms with E-state index in [1.165, 1.54) is 24.3 Å². The molecule has 0 aromatic heterocycles. The van der Waals surface area contributed by atoms with Crippen molar-refractivity contribution < 1.29 is 14.5 Å². The summed E-state index contributed by atoms with van der Waals surface area (Å²) >= 11 is 0. The Labute approximate surface area is 122 Å². The number of carbonyl (C=O) groups excluding carboxylic acids is 2. The van der Waals surface area contributed by atoms with Crippen LogP contribution >= 0.6 is 0 Å². The summed E-state index contributed by atoms with van der Waals surface area (Å²) in [7, 11) is 1.71. The summed E-state index contributed by atoms with van der Waals surface area (Å²) in [4.78, 5) is 36.0. The van der Waals surface area contributed by atoms with Crippen LogP contribution in [0.5, 0.6) is 0 Å². The maximum absolute atomic E-state index is 12.1. The summed E-state index contributed by atoms with van der Waals surface area (Å²) in [6.07, 6.45) is 2.35. The normalized spacial score (nSPS) is 19.0. The number of amides is 2. The fourth-order valence-electron chi connectivity index (χ4n) is 2.33. The van der Waals surface area contributed by atoms with E-state index < -0.39 is 16.9 Å². The second-order valence-electron chi connectivity index (χ2n) is 5.09. The van der Waals surface area contributed by atoms with Crippen LogP contribution in [0, 0.1) is 10.1 Å². The molecule has 0 spiro atoms. The van der Waals surface area contributed by atoms with Crippen LogP contribution in [-0.4, -0.2) is 41.3 Å². The van der Waals surface area contributed by atoms with Crippen molar-refractivity contribution in [3.63, 3.8) is 0 Å². The van der Waals surface area contributed by atoms with E-state index in [9.17, 15) is 19.7 Å². The van der Waals surface area contributed by atoms with Gasteiger partial charge in [0, 0.05) is 31.3 Å². The predicted molar refractivity (Wildman–Crippen MR) is 75.8 cm³/mol. The van der Waals surface area contributed by atoms with Crippen molar-refractivity contribution in [2.24, 2.45) is 0 Å². The van der Waals surface area contributed by atoms with E-state index >= 15 is 0 Å². The van der Waals surface area contributed by atoms with Gasteiger partial charge in [0.1, 0.15) is 6.04 Å². The molecule has 0 saturated carbocycles. The van der Waals surface area contributed by atoms with E-state index in [0.717, 1.165) is 12.8 Å². The van der Waals surface area contributed by atoms with Crippen molar-refractivity contribution in [3.8, 4) is 0 Å². The number of hydrogen-bond acceptors (Lipinski definition) is 4. The molecule has 1 N–H and O–H groups in total. The van der Waals surface area contributed by atoms with E-state index in [1.807, 2.05) is 0 Å². The largest absolute Gasteiger partial charge is 0.344 e. The molecule has 1 atom stereocenters. The fraction of sp³-hybridized carbons (Fsp3) is 0.429. The van der Waals surface area contributed by atoms with Gasteiger partial charge in [-0.2, -0.15) is 0 Å². The van der Waals surface area contributed by atoms with Crippen molar-refractivity contribution in [1.29, 1.82) is 0 Å². The molecule has 1 aromatic carbocycles. The van der Waals surface area contributed by atoms with Gasteiger partial charge in [-0.05, 0) is 25.3 Å². The van der Waals surface area contributed by atoms with Gasteiger partial charge in [-0.1, -0.05) is 6.07 Å². The Kier molecular flexibility index (Phi) is 4.52. The Balaban J connectivity index is 2.11. The number of hydrogen-bond donors (Lipinski definition) is 1. The minimum atomic E-state index is -0.565. The highest BCUT2D eigenvalue weighted by molar-refractivity contribution is 5.98. The van der Waals surface area contributed by atoms with Crippen LogP contribution < -0.4 is 5.32 Å². The van der Waals surface area contributed by atoms with Gasteiger partial charge in [0.15, 0.2) is 0 Å². The maximum atomic E-state index is 12.1. The van der Waals surface area contributed by atoms with E-state index in [4.69, 9.17) is 0 Å². The van der Waals surface area contributed by atoms with Crippen molar-refractivity contribution in [2.45, 2.75) is 25.3 Å². The third-order valence-corrected chi connectivity index (χ3v) is 3.54. The van der Waals surface area contributed by atoms with Crippen LogP contribution in [0.2, 0.25) is 0 Å². The zero-order valence-corrected chi connectivity index (χ0v) is 11.7. The Morgan fingerprint density at radius 2 is 2.19 bits per heavy atom. The molecule has 1 fully saturated rings. The number of benzene rings is 1. The Morgan fingerprint density at radius 3 is 2.90 bits per heavy atom. The third kappa shape index (κ3) is 3.56. The van der Waals surface area contributed by atoms with Crippen molar-refractivity contribution in [2.75, 3.05) is 13.6 Å². The van der Waals surface area contributed by atoms with Gasteiger partial charge in [0.2, 0.25) is 5.91 Å². The van der Waals surface area contributed by atoms with Crippen LogP contribution in [0.3, 0.4) is 0 Å². The highest BCUT2D eigenvalue weighted by atomic mass is 16.6. The lowest BCUT2D eigenvalue weighted by Crippen LogP contribution is -2.46. The summed E-state index contributed by atoms with van der Waals surface area (Å²) in [5.74, 6) is -0.585. The van der Waals surface area contributed by atoms with Gasteiger partial charge in [-0.25, -0.2) is 0 Å². The average molecular weight is 291 g/mol. The molecule has 1 unspecified atom stereocenters. The van der Waals surface area contributed by atoms with Crippen molar-refractivity contribution >= 4 is 17.5 Å². The molecule has 0 radical (unpaired) electrons. The number of carbonyl (C=O) groups is 2. The Hall–Kier alpha value is -2.44. The van der Waals surface area contributed by atoms with Gasteiger partial charge in [0.05, 0.1) is 4.92 Å². The highest BCUT2D eigenvalue weighted by Gasteiger charge is 2.26. The average Bonchev–Trinajstić information content (AvgIpc) is 2.63. The molecular weight excluding hydrogens is 274 g/mol. The van der Waals surface area contributed by atoms with Gasteiger partial charge in [-0.15, -0.1) is 0 Å². The first kappa shape index (κ1) is 15.0. The molecule has 7 heteroatoms. The molecule has 21 heavy (non-hydrogen) atoms. The van der Waals surface area contributed by atoms with Gasteiger partial charge < -0.3 is 10.2 Å². The summed E-state index contributed by atoms with van der Waals surface area (Å²) in [5, 5.41) is 13.4. The summed E-state index contributed by atoms with van der Waals surface area (Å²) < 4.78 is 0. The van der Waals surface area contributed by atoms with Gasteiger partial charge in [-0.3, -0.25) is 19.7 Å². The number of nitro benzene ring substituents is 1. The second kappa shape index (κ2) is 6.34. The van der Waals surface area contributed by atoms with Gasteiger partial charge in [0.25, 0.3) is 11.6 Å². The quantitative estimate of drug-likeness (QED) is 0.671. The van der Waals surface area contributed by atoms with Crippen molar-refractivity contribution in [1.82, 2.24) is 10.2 Å². The topological polar surface area (TPSA) is 92.6 Å². The summed E-state index contributed by atoms with van der Waals surface area (Å²) in [5.41, 5.74) is 0.0378. The maximum Gasteiger partial charge on any atom is 0.270 e. The van der Waals surface area contributed by atoms with Crippen molar-refractivity contribution in [3.05, 3.63) is 39.9 Å². The number of rotatable bonds is 3. The smallest absolute Gasteiger partial charge is 0.270 e. The first-order valence-corrected chi connectivity index (χ1v) is 6.79. The molecule has 1 heterocycles. The van der Waals surface area contributed by atoms with E-state index in [1.54, 1.807) is 11.9 Å². The molecule has 7 nitrogen and oxygen atoms in total. The van der Waals surface area contributed by atoms with Crippen LogP contribution in [0.15, 0.2) is 24.3 Å².